The van der Waals surface area contributed by atoms with E-state index in [4.69, 9.17) is 17.3 Å². The van der Waals surface area contributed by atoms with Crippen molar-refractivity contribution in [3.63, 3.8) is 0 Å². The molecule has 68 valence electrons. The first kappa shape index (κ1) is 14.6. The minimum Gasteiger partial charge on any atom is -0.507 e. The first-order chi connectivity index (χ1) is 4.72. The molecule has 0 spiro atoms. The molecule has 12 heavy (non-hydrogen) atoms. The molecule has 0 bridgehead atoms. The maximum atomic E-state index is 9.14. The summed E-state index contributed by atoms with van der Waals surface area (Å²) in [5.74, 6) is 0.183. The summed E-state index contributed by atoms with van der Waals surface area (Å²) in [6.45, 7) is 0. The Morgan fingerprint density at radius 1 is 1.25 bits per heavy atom. The molecule has 5 heteroatoms. The maximum absolute atomic E-state index is 9.14. The Bertz CT molecular complexity index is 265. The largest absolute Gasteiger partial charge is 0.507 e. The van der Waals surface area contributed by atoms with Gasteiger partial charge in [-0.3, -0.25) is 0 Å². The van der Waals surface area contributed by atoms with Gasteiger partial charge in [-0.2, -0.15) is 0 Å². The van der Waals surface area contributed by atoms with Gasteiger partial charge in [0.1, 0.15) is 5.75 Å². The molecular formula is C7H8Cl2OS2. The summed E-state index contributed by atoms with van der Waals surface area (Å²) in [7, 11) is 0. The van der Waals surface area contributed by atoms with E-state index in [1.54, 1.807) is 24.3 Å². The van der Waals surface area contributed by atoms with Crippen LogP contribution in [0.15, 0.2) is 24.3 Å². The second kappa shape index (κ2) is 6.54. The van der Waals surface area contributed by atoms with E-state index in [1.165, 1.54) is 0 Å². The van der Waals surface area contributed by atoms with Gasteiger partial charge in [-0.15, -0.1) is 37.4 Å². The zero-order valence-corrected chi connectivity index (χ0v) is 9.27. The van der Waals surface area contributed by atoms with Gasteiger partial charge in [-0.1, -0.05) is 24.4 Å². The van der Waals surface area contributed by atoms with Gasteiger partial charge in [0.05, 0.1) is 4.20 Å². The smallest absolute Gasteiger partial charge is 0.124 e. The van der Waals surface area contributed by atoms with Gasteiger partial charge in [-0.05, 0) is 12.1 Å². The molecule has 0 saturated heterocycles. The van der Waals surface area contributed by atoms with Crippen LogP contribution in [-0.4, -0.2) is 9.30 Å². The Labute approximate surface area is 94.4 Å². The highest BCUT2D eigenvalue weighted by molar-refractivity contribution is 8.11. The highest BCUT2D eigenvalue weighted by Gasteiger charge is 1.99. The van der Waals surface area contributed by atoms with E-state index < -0.39 is 0 Å². The van der Waals surface area contributed by atoms with Gasteiger partial charge in [0.15, 0.2) is 0 Å². The highest BCUT2D eigenvalue weighted by atomic mass is 35.5. The third-order valence-corrected chi connectivity index (χ3v) is 1.60. The van der Waals surface area contributed by atoms with Gasteiger partial charge in [0.25, 0.3) is 0 Å². The van der Waals surface area contributed by atoms with Gasteiger partial charge in [-0.25, -0.2) is 0 Å². The quantitative estimate of drug-likeness (QED) is 0.584. The van der Waals surface area contributed by atoms with Crippen molar-refractivity contribution >= 4 is 53.9 Å². The van der Waals surface area contributed by atoms with Crippen molar-refractivity contribution in [1.82, 2.24) is 0 Å². The molecule has 1 nitrogen and oxygen atoms in total. The zero-order valence-electron chi connectivity index (χ0n) is 5.93. The van der Waals surface area contributed by atoms with Gasteiger partial charge >= 0.3 is 0 Å². The Balaban J connectivity index is 0. The summed E-state index contributed by atoms with van der Waals surface area (Å²) in [6.07, 6.45) is 0. The second-order valence-corrected chi connectivity index (χ2v) is 2.98. The molecule has 0 aliphatic heterocycles. The fraction of sp³-hybridized carbons (Fsp3) is 0. The van der Waals surface area contributed by atoms with Crippen molar-refractivity contribution in [2.24, 2.45) is 0 Å². The molecule has 0 amide bonds. The number of hydrogen-bond donors (Lipinski definition) is 2. The minimum absolute atomic E-state index is 0. The van der Waals surface area contributed by atoms with E-state index in [-0.39, 0.29) is 30.6 Å². The fourth-order valence-electron chi connectivity index (χ4n) is 0.654. The third-order valence-electron chi connectivity index (χ3n) is 1.13. The number of halogens is 2. The third kappa shape index (κ3) is 3.63. The summed E-state index contributed by atoms with van der Waals surface area (Å²) in [4.78, 5) is 0. The van der Waals surface area contributed by atoms with E-state index in [0.717, 1.165) is 0 Å². The maximum Gasteiger partial charge on any atom is 0.124 e. The van der Waals surface area contributed by atoms with E-state index >= 15 is 0 Å². The molecule has 0 aromatic heterocycles. The van der Waals surface area contributed by atoms with Crippen LogP contribution < -0.4 is 0 Å². The Kier molecular flexibility index (Phi) is 7.94. The molecule has 1 aromatic rings. The summed E-state index contributed by atoms with van der Waals surface area (Å²) in [5, 5.41) is 9.14. The number of aromatic hydroxyl groups is 1. The lowest BCUT2D eigenvalue weighted by Crippen LogP contribution is -1.85. The molecule has 0 fully saturated rings. The second-order valence-electron chi connectivity index (χ2n) is 1.82. The number of phenolic OH excluding ortho intramolecular Hbond substituents is 1. The number of thiocarbonyl (C=S) groups is 1. The number of thiol groups is 1. The van der Waals surface area contributed by atoms with Crippen LogP contribution in [0, 0.1) is 0 Å². The van der Waals surface area contributed by atoms with Crippen LogP contribution in [0.3, 0.4) is 0 Å². The van der Waals surface area contributed by atoms with Crippen molar-refractivity contribution < 1.29 is 5.11 Å². The van der Waals surface area contributed by atoms with Crippen LogP contribution in [0.4, 0.5) is 0 Å². The fourth-order valence-corrected chi connectivity index (χ4v) is 1.02. The molecule has 1 rings (SSSR count). The van der Waals surface area contributed by atoms with Gasteiger partial charge < -0.3 is 5.11 Å². The lowest BCUT2D eigenvalue weighted by atomic mass is 10.2. The summed E-state index contributed by atoms with van der Waals surface area (Å²) in [5.41, 5.74) is 0.612. The number of para-hydroxylation sites is 1. The van der Waals surface area contributed by atoms with E-state index in [2.05, 4.69) is 12.6 Å². The Morgan fingerprint density at radius 3 is 2.08 bits per heavy atom. The molecule has 0 aliphatic rings. The van der Waals surface area contributed by atoms with Crippen molar-refractivity contribution in [3.8, 4) is 5.75 Å². The molecule has 0 atom stereocenters. The standard InChI is InChI=1S/C7H6OS2.2ClH/c8-6-4-2-1-3-5(6)7(9)10;;/h1-4,8H,(H,9,10);2*1H. The topological polar surface area (TPSA) is 20.2 Å². The van der Waals surface area contributed by atoms with Gasteiger partial charge in [0.2, 0.25) is 0 Å². The average molecular weight is 243 g/mol. The van der Waals surface area contributed by atoms with Crippen LogP contribution in [0.1, 0.15) is 5.56 Å². The monoisotopic (exact) mass is 242 g/mol. The van der Waals surface area contributed by atoms with Crippen molar-refractivity contribution in [2.75, 3.05) is 0 Å². The molecule has 0 unspecified atom stereocenters. The molecule has 0 aliphatic carbocycles. The molecule has 1 N–H and O–H groups in total. The summed E-state index contributed by atoms with van der Waals surface area (Å²) >= 11 is 8.68. The predicted octanol–water partition coefficient (Wildman–Crippen LogP) is 2.84. The molecule has 1 aromatic carbocycles. The first-order valence-corrected chi connectivity index (χ1v) is 3.58. The predicted molar refractivity (Wildman–Crippen MR) is 63.3 cm³/mol. The van der Waals surface area contributed by atoms with Crippen LogP contribution in [-0.2, 0) is 0 Å². The van der Waals surface area contributed by atoms with Crippen LogP contribution in [0.2, 0.25) is 0 Å². The van der Waals surface area contributed by atoms with Crippen LogP contribution in [0.25, 0.3) is 0 Å². The number of rotatable bonds is 1. The number of benzene rings is 1. The van der Waals surface area contributed by atoms with E-state index in [1.807, 2.05) is 0 Å². The lowest BCUT2D eigenvalue weighted by Gasteiger charge is -1.98. The van der Waals surface area contributed by atoms with Crippen LogP contribution >= 0.6 is 49.7 Å². The lowest BCUT2D eigenvalue weighted by molar-refractivity contribution is 0.474. The average Bonchev–Trinajstić information content (AvgIpc) is 1.88. The van der Waals surface area contributed by atoms with Crippen LogP contribution in [0.5, 0.6) is 5.75 Å². The minimum atomic E-state index is 0. The van der Waals surface area contributed by atoms with E-state index in [0.29, 0.717) is 9.76 Å². The zero-order chi connectivity index (χ0) is 7.56. The van der Waals surface area contributed by atoms with E-state index in [9.17, 15) is 0 Å². The summed E-state index contributed by atoms with van der Waals surface area (Å²) in [6, 6.07) is 6.85. The molecule has 0 saturated carbocycles. The first-order valence-electron chi connectivity index (χ1n) is 2.73. The van der Waals surface area contributed by atoms with Gasteiger partial charge in [0, 0.05) is 5.56 Å². The highest BCUT2D eigenvalue weighted by Crippen LogP contribution is 2.17. The number of phenols is 1. The molecule has 0 radical (unpaired) electrons. The molecule has 0 heterocycles. The van der Waals surface area contributed by atoms with Crippen molar-refractivity contribution in [2.45, 2.75) is 0 Å². The summed E-state index contributed by atoms with van der Waals surface area (Å²) < 4.78 is 0.415. The normalized spacial score (nSPS) is 7.75. The SMILES string of the molecule is Cl.Cl.Oc1ccccc1C(=S)S. The van der Waals surface area contributed by atoms with Crippen molar-refractivity contribution in [1.29, 1.82) is 0 Å². The number of hydrogen-bond acceptors (Lipinski definition) is 2. The van der Waals surface area contributed by atoms with Crippen molar-refractivity contribution in [3.05, 3.63) is 29.8 Å². The Morgan fingerprint density at radius 2 is 1.75 bits per heavy atom. The molecular weight excluding hydrogens is 235 g/mol. The Hall–Kier alpha value is 0.0400.